The number of nitrogens with zero attached hydrogens (tertiary/aromatic N) is 3. The molecule has 0 unspecified atom stereocenters. The molecule has 1 aromatic carbocycles. The standard InChI is InChI=1S/C15H15N5O/c1-20-7-6-17-13(20)9-19-15(21)14-12-8-11(16)3-2-10(12)4-5-18-14/h2-8H,9,16H2,1H3,(H,19,21). The van der Waals surface area contributed by atoms with Crippen molar-refractivity contribution in [3.63, 3.8) is 0 Å². The number of nitrogens with one attached hydrogen (secondary N) is 1. The van der Waals surface area contributed by atoms with Gasteiger partial charge in [-0.15, -0.1) is 0 Å². The zero-order chi connectivity index (χ0) is 14.8. The van der Waals surface area contributed by atoms with Crippen LogP contribution in [0.25, 0.3) is 10.8 Å². The van der Waals surface area contributed by atoms with Crippen molar-refractivity contribution >= 4 is 22.4 Å². The number of amides is 1. The molecule has 0 aliphatic heterocycles. The minimum absolute atomic E-state index is 0.241. The maximum atomic E-state index is 12.3. The molecule has 3 aromatic rings. The second kappa shape index (κ2) is 5.24. The first-order chi connectivity index (χ1) is 10.1. The van der Waals surface area contributed by atoms with Gasteiger partial charge in [-0.1, -0.05) is 6.07 Å². The van der Waals surface area contributed by atoms with Crippen LogP contribution in [0.2, 0.25) is 0 Å². The van der Waals surface area contributed by atoms with Crippen molar-refractivity contribution < 1.29 is 4.79 Å². The van der Waals surface area contributed by atoms with E-state index in [1.807, 2.05) is 29.9 Å². The first-order valence-corrected chi connectivity index (χ1v) is 6.54. The zero-order valence-corrected chi connectivity index (χ0v) is 11.6. The summed E-state index contributed by atoms with van der Waals surface area (Å²) in [5.74, 6) is 0.539. The third-order valence-corrected chi connectivity index (χ3v) is 3.33. The maximum Gasteiger partial charge on any atom is 0.270 e. The largest absolute Gasteiger partial charge is 0.399 e. The molecule has 106 valence electrons. The number of aryl methyl sites for hydroxylation is 1. The van der Waals surface area contributed by atoms with Crippen molar-refractivity contribution in [1.29, 1.82) is 0 Å². The van der Waals surface area contributed by atoms with Gasteiger partial charge in [0.1, 0.15) is 11.5 Å². The van der Waals surface area contributed by atoms with Crippen LogP contribution in [0.15, 0.2) is 42.9 Å². The fourth-order valence-corrected chi connectivity index (χ4v) is 2.18. The van der Waals surface area contributed by atoms with Crippen LogP contribution in [0, 0.1) is 0 Å². The van der Waals surface area contributed by atoms with Crippen molar-refractivity contribution in [2.24, 2.45) is 7.05 Å². The van der Waals surface area contributed by atoms with Crippen LogP contribution in [0.4, 0.5) is 5.69 Å². The van der Waals surface area contributed by atoms with E-state index in [0.29, 0.717) is 17.9 Å². The highest BCUT2D eigenvalue weighted by Crippen LogP contribution is 2.19. The van der Waals surface area contributed by atoms with E-state index in [1.165, 1.54) is 0 Å². The van der Waals surface area contributed by atoms with E-state index in [4.69, 9.17) is 5.73 Å². The molecule has 0 spiro atoms. The Morgan fingerprint density at radius 3 is 2.90 bits per heavy atom. The van der Waals surface area contributed by atoms with Crippen LogP contribution < -0.4 is 11.1 Å². The van der Waals surface area contributed by atoms with Crippen LogP contribution in [-0.4, -0.2) is 20.4 Å². The molecule has 6 heteroatoms. The first-order valence-electron chi connectivity index (χ1n) is 6.54. The lowest BCUT2D eigenvalue weighted by Gasteiger charge is -2.08. The summed E-state index contributed by atoms with van der Waals surface area (Å²) in [4.78, 5) is 20.7. The lowest BCUT2D eigenvalue weighted by molar-refractivity contribution is 0.0946. The number of pyridine rings is 1. The summed E-state index contributed by atoms with van der Waals surface area (Å²) in [5.41, 5.74) is 6.77. The normalized spacial score (nSPS) is 10.7. The summed E-state index contributed by atoms with van der Waals surface area (Å²) in [5, 5.41) is 4.51. The van der Waals surface area contributed by atoms with Gasteiger partial charge in [-0.25, -0.2) is 4.98 Å². The van der Waals surface area contributed by atoms with Gasteiger partial charge in [0.2, 0.25) is 0 Å². The van der Waals surface area contributed by atoms with Gasteiger partial charge in [0, 0.05) is 36.7 Å². The summed E-state index contributed by atoms with van der Waals surface area (Å²) in [7, 11) is 1.88. The van der Waals surface area contributed by atoms with Crippen molar-refractivity contribution in [2.45, 2.75) is 6.54 Å². The number of nitrogens with two attached hydrogens (primary N) is 1. The molecular weight excluding hydrogens is 266 g/mol. The molecule has 3 rings (SSSR count). The van der Waals surface area contributed by atoms with Crippen molar-refractivity contribution in [2.75, 3.05) is 5.73 Å². The topological polar surface area (TPSA) is 85.8 Å². The third-order valence-electron chi connectivity index (χ3n) is 3.33. The monoisotopic (exact) mass is 281 g/mol. The van der Waals surface area contributed by atoms with Crippen molar-refractivity contribution in [1.82, 2.24) is 19.9 Å². The van der Waals surface area contributed by atoms with E-state index in [1.54, 1.807) is 24.5 Å². The summed E-state index contributed by atoms with van der Waals surface area (Å²) >= 11 is 0. The smallest absolute Gasteiger partial charge is 0.270 e. The van der Waals surface area contributed by atoms with E-state index in [-0.39, 0.29) is 5.91 Å². The van der Waals surface area contributed by atoms with Crippen LogP contribution in [-0.2, 0) is 13.6 Å². The number of hydrogen-bond acceptors (Lipinski definition) is 4. The molecule has 3 N–H and O–H groups in total. The molecule has 0 atom stereocenters. The number of anilines is 1. The molecular formula is C15H15N5O. The van der Waals surface area contributed by atoms with Gasteiger partial charge in [0.15, 0.2) is 0 Å². The Labute approximate surface area is 121 Å². The summed E-state index contributed by atoms with van der Waals surface area (Å²) < 4.78 is 1.86. The molecule has 2 aromatic heterocycles. The highest BCUT2D eigenvalue weighted by Gasteiger charge is 2.12. The van der Waals surface area contributed by atoms with Crippen LogP contribution in [0.5, 0.6) is 0 Å². The number of benzene rings is 1. The molecule has 0 bridgehead atoms. The Morgan fingerprint density at radius 1 is 1.29 bits per heavy atom. The van der Waals surface area contributed by atoms with Crippen molar-refractivity contribution in [3.8, 4) is 0 Å². The fourth-order valence-electron chi connectivity index (χ4n) is 2.18. The Hall–Kier alpha value is -2.89. The van der Waals surface area contributed by atoms with Crippen LogP contribution in [0.3, 0.4) is 0 Å². The zero-order valence-electron chi connectivity index (χ0n) is 11.6. The number of carbonyl (C=O) groups excluding carboxylic acids is 1. The van der Waals surface area contributed by atoms with E-state index < -0.39 is 0 Å². The molecule has 0 aliphatic rings. The first kappa shape index (κ1) is 13.1. The minimum atomic E-state index is -0.241. The number of hydrogen-bond donors (Lipinski definition) is 2. The SMILES string of the molecule is Cn1ccnc1CNC(=O)c1nccc2ccc(N)cc12. The van der Waals surface area contributed by atoms with Gasteiger partial charge < -0.3 is 15.6 Å². The molecule has 0 saturated carbocycles. The Bertz CT molecular complexity index is 809. The molecule has 0 saturated heterocycles. The molecule has 0 radical (unpaired) electrons. The molecule has 0 fully saturated rings. The summed E-state index contributed by atoms with van der Waals surface area (Å²) in [6, 6.07) is 7.29. The fraction of sp³-hybridized carbons (Fsp3) is 0.133. The average molecular weight is 281 g/mol. The van der Waals surface area contributed by atoms with Crippen LogP contribution in [0.1, 0.15) is 16.3 Å². The van der Waals surface area contributed by atoms with E-state index in [0.717, 1.165) is 16.6 Å². The number of carbonyl (C=O) groups is 1. The quantitative estimate of drug-likeness (QED) is 0.712. The highest BCUT2D eigenvalue weighted by molar-refractivity contribution is 6.05. The molecule has 21 heavy (non-hydrogen) atoms. The highest BCUT2D eigenvalue weighted by atomic mass is 16.1. The number of rotatable bonds is 3. The van der Waals surface area contributed by atoms with Crippen molar-refractivity contribution in [3.05, 3.63) is 54.4 Å². The summed E-state index contributed by atoms with van der Waals surface area (Å²) in [6.07, 6.45) is 5.14. The second-order valence-corrected chi connectivity index (χ2v) is 4.78. The van der Waals surface area contributed by atoms with Crippen LogP contribution >= 0.6 is 0 Å². The lowest BCUT2D eigenvalue weighted by Crippen LogP contribution is -2.25. The second-order valence-electron chi connectivity index (χ2n) is 4.78. The Balaban J connectivity index is 1.88. The van der Waals surface area contributed by atoms with E-state index in [9.17, 15) is 4.79 Å². The number of fused-ring (bicyclic) bond motifs is 1. The van der Waals surface area contributed by atoms with Gasteiger partial charge in [-0.3, -0.25) is 9.78 Å². The number of imidazole rings is 1. The number of aromatic nitrogens is 3. The lowest BCUT2D eigenvalue weighted by atomic mass is 10.1. The van der Waals surface area contributed by atoms with Gasteiger partial charge in [0.05, 0.1) is 6.54 Å². The van der Waals surface area contributed by atoms with E-state index >= 15 is 0 Å². The average Bonchev–Trinajstić information content (AvgIpc) is 2.89. The molecule has 1 amide bonds. The predicted octanol–water partition coefficient (Wildman–Crippen LogP) is 1.48. The Kier molecular flexibility index (Phi) is 3.27. The van der Waals surface area contributed by atoms with Gasteiger partial charge in [0.25, 0.3) is 5.91 Å². The summed E-state index contributed by atoms with van der Waals surface area (Å²) in [6.45, 7) is 0.350. The third kappa shape index (κ3) is 2.55. The number of nitrogen functional groups attached to an aromatic ring is 1. The minimum Gasteiger partial charge on any atom is -0.399 e. The molecule has 6 nitrogen and oxygen atoms in total. The predicted molar refractivity (Wildman–Crippen MR) is 80.5 cm³/mol. The molecule has 2 heterocycles. The van der Waals surface area contributed by atoms with Gasteiger partial charge >= 0.3 is 0 Å². The Morgan fingerprint density at radius 2 is 2.14 bits per heavy atom. The van der Waals surface area contributed by atoms with E-state index in [2.05, 4.69) is 15.3 Å². The molecule has 0 aliphatic carbocycles. The maximum absolute atomic E-state index is 12.3. The van der Waals surface area contributed by atoms with Gasteiger partial charge in [-0.05, 0) is 23.6 Å². The van der Waals surface area contributed by atoms with Gasteiger partial charge in [-0.2, -0.15) is 0 Å².